The van der Waals surface area contributed by atoms with Crippen LogP contribution in [0.4, 0.5) is 5.69 Å². The van der Waals surface area contributed by atoms with E-state index in [0.717, 1.165) is 31.9 Å². The summed E-state index contributed by atoms with van der Waals surface area (Å²) in [6.07, 6.45) is 1.70. The largest absolute Gasteiger partial charge is 0.378 e. The number of carbonyl (C=O) groups is 1. The molecule has 126 valence electrons. The molecule has 5 nitrogen and oxygen atoms in total. The van der Waals surface area contributed by atoms with Gasteiger partial charge in [0.1, 0.15) is 5.69 Å². The molecule has 0 saturated carbocycles. The van der Waals surface area contributed by atoms with Crippen molar-refractivity contribution in [3.63, 3.8) is 0 Å². The molecule has 2 heterocycles. The van der Waals surface area contributed by atoms with Crippen molar-refractivity contribution in [2.75, 3.05) is 38.5 Å². The SMILES string of the molecule is CC(Nc1ccnc(C(=O)N2CCN(C)CC2)c1)c1ccccc1. The van der Waals surface area contributed by atoms with Gasteiger partial charge in [0.15, 0.2) is 0 Å². The summed E-state index contributed by atoms with van der Waals surface area (Å²) in [5, 5.41) is 3.44. The second-order valence-electron chi connectivity index (χ2n) is 6.30. The number of amides is 1. The summed E-state index contributed by atoms with van der Waals surface area (Å²) in [5.41, 5.74) is 2.63. The van der Waals surface area contributed by atoms with Crippen molar-refractivity contribution >= 4 is 11.6 Å². The average molecular weight is 324 g/mol. The number of nitrogens with one attached hydrogen (secondary N) is 1. The maximum atomic E-state index is 12.6. The molecule has 2 aromatic rings. The van der Waals surface area contributed by atoms with Gasteiger partial charge < -0.3 is 15.1 Å². The summed E-state index contributed by atoms with van der Waals surface area (Å²) in [7, 11) is 2.08. The Kier molecular flexibility index (Phi) is 5.11. The number of nitrogens with zero attached hydrogens (tertiary/aromatic N) is 3. The van der Waals surface area contributed by atoms with Crippen LogP contribution in [0.15, 0.2) is 48.7 Å². The van der Waals surface area contributed by atoms with E-state index in [1.165, 1.54) is 5.56 Å². The molecule has 1 fully saturated rings. The van der Waals surface area contributed by atoms with Crippen LogP contribution in [-0.2, 0) is 0 Å². The third-order valence-electron chi connectivity index (χ3n) is 4.45. The first-order chi connectivity index (χ1) is 11.6. The number of rotatable bonds is 4. The number of aromatic nitrogens is 1. The fraction of sp³-hybridized carbons (Fsp3) is 0.368. The van der Waals surface area contributed by atoms with Crippen molar-refractivity contribution < 1.29 is 4.79 Å². The van der Waals surface area contributed by atoms with E-state index in [4.69, 9.17) is 0 Å². The Balaban J connectivity index is 1.69. The molecule has 3 rings (SSSR count). The van der Waals surface area contributed by atoms with Crippen molar-refractivity contribution in [1.29, 1.82) is 0 Å². The summed E-state index contributed by atoms with van der Waals surface area (Å²) in [6.45, 7) is 5.45. The van der Waals surface area contributed by atoms with Crippen molar-refractivity contribution in [3.8, 4) is 0 Å². The van der Waals surface area contributed by atoms with Crippen LogP contribution in [0.1, 0.15) is 29.0 Å². The summed E-state index contributed by atoms with van der Waals surface area (Å²) in [5.74, 6) is 0.0131. The molecule has 1 atom stereocenters. The van der Waals surface area contributed by atoms with Gasteiger partial charge in [-0.15, -0.1) is 0 Å². The molecule has 0 spiro atoms. The molecule has 1 aliphatic heterocycles. The number of anilines is 1. The normalized spacial score (nSPS) is 16.7. The van der Waals surface area contributed by atoms with Crippen molar-refractivity contribution in [2.45, 2.75) is 13.0 Å². The van der Waals surface area contributed by atoms with Crippen LogP contribution >= 0.6 is 0 Å². The number of benzene rings is 1. The van der Waals surface area contributed by atoms with Gasteiger partial charge in [-0.05, 0) is 31.7 Å². The summed E-state index contributed by atoms with van der Waals surface area (Å²) in [6, 6.07) is 14.2. The van der Waals surface area contributed by atoms with Gasteiger partial charge in [-0.2, -0.15) is 0 Å². The molecule has 0 aliphatic carbocycles. The highest BCUT2D eigenvalue weighted by Gasteiger charge is 2.21. The van der Waals surface area contributed by atoms with E-state index in [9.17, 15) is 4.79 Å². The van der Waals surface area contributed by atoms with E-state index in [1.807, 2.05) is 35.2 Å². The number of hydrogen-bond donors (Lipinski definition) is 1. The monoisotopic (exact) mass is 324 g/mol. The third-order valence-corrected chi connectivity index (χ3v) is 4.45. The van der Waals surface area contributed by atoms with E-state index >= 15 is 0 Å². The molecule has 1 aliphatic rings. The molecular weight excluding hydrogens is 300 g/mol. The number of hydrogen-bond acceptors (Lipinski definition) is 4. The van der Waals surface area contributed by atoms with Crippen LogP contribution in [0.2, 0.25) is 0 Å². The Morgan fingerprint density at radius 1 is 1.12 bits per heavy atom. The second-order valence-corrected chi connectivity index (χ2v) is 6.30. The van der Waals surface area contributed by atoms with E-state index in [-0.39, 0.29) is 11.9 Å². The maximum Gasteiger partial charge on any atom is 0.272 e. The fourth-order valence-corrected chi connectivity index (χ4v) is 2.88. The smallest absolute Gasteiger partial charge is 0.272 e. The van der Waals surface area contributed by atoms with Gasteiger partial charge in [0.25, 0.3) is 5.91 Å². The first-order valence-corrected chi connectivity index (χ1v) is 8.39. The van der Waals surface area contributed by atoms with Gasteiger partial charge in [0.2, 0.25) is 0 Å². The van der Waals surface area contributed by atoms with Crippen LogP contribution in [0, 0.1) is 0 Å². The van der Waals surface area contributed by atoms with Crippen LogP contribution < -0.4 is 5.32 Å². The molecule has 0 bridgehead atoms. The Morgan fingerprint density at radius 3 is 2.54 bits per heavy atom. The molecule has 1 N–H and O–H groups in total. The van der Waals surface area contributed by atoms with E-state index in [1.54, 1.807) is 6.20 Å². The zero-order chi connectivity index (χ0) is 16.9. The molecule has 1 aromatic carbocycles. The van der Waals surface area contributed by atoms with E-state index in [2.05, 4.69) is 41.3 Å². The van der Waals surface area contributed by atoms with Gasteiger partial charge >= 0.3 is 0 Å². The lowest BCUT2D eigenvalue weighted by molar-refractivity contribution is 0.0658. The lowest BCUT2D eigenvalue weighted by Gasteiger charge is -2.32. The zero-order valence-electron chi connectivity index (χ0n) is 14.3. The Morgan fingerprint density at radius 2 is 1.83 bits per heavy atom. The number of likely N-dealkylation sites (N-methyl/N-ethyl adjacent to an activating group) is 1. The highest BCUT2D eigenvalue weighted by atomic mass is 16.2. The first-order valence-electron chi connectivity index (χ1n) is 8.39. The lowest BCUT2D eigenvalue weighted by Crippen LogP contribution is -2.47. The quantitative estimate of drug-likeness (QED) is 0.939. The van der Waals surface area contributed by atoms with Crippen LogP contribution in [0.5, 0.6) is 0 Å². The fourth-order valence-electron chi connectivity index (χ4n) is 2.88. The van der Waals surface area contributed by atoms with Crippen molar-refractivity contribution in [2.24, 2.45) is 0 Å². The lowest BCUT2D eigenvalue weighted by atomic mass is 10.1. The molecule has 5 heteroatoms. The molecule has 1 aromatic heterocycles. The first kappa shape index (κ1) is 16.5. The van der Waals surface area contributed by atoms with Gasteiger partial charge in [0.05, 0.1) is 0 Å². The molecular formula is C19H24N4O. The number of piperazine rings is 1. The van der Waals surface area contributed by atoms with Gasteiger partial charge in [-0.25, -0.2) is 0 Å². The molecule has 24 heavy (non-hydrogen) atoms. The predicted molar refractivity (Wildman–Crippen MR) is 96.1 cm³/mol. The number of pyridine rings is 1. The Hall–Kier alpha value is -2.40. The van der Waals surface area contributed by atoms with Gasteiger partial charge in [-0.3, -0.25) is 9.78 Å². The summed E-state index contributed by atoms with van der Waals surface area (Å²) in [4.78, 5) is 21.0. The van der Waals surface area contributed by atoms with E-state index < -0.39 is 0 Å². The molecule has 0 radical (unpaired) electrons. The highest BCUT2D eigenvalue weighted by molar-refractivity contribution is 5.93. The zero-order valence-corrected chi connectivity index (χ0v) is 14.3. The van der Waals surface area contributed by atoms with Gasteiger partial charge in [-0.1, -0.05) is 30.3 Å². The standard InChI is InChI=1S/C19H24N4O/c1-15(16-6-4-3-5-7-16)21-17-8-9-20-18(14-17)19(24)23-12-10-22(2)11-13-23/h3-9,14-15H,10-13H2,1-2H3,(H,20,21). The number of carbonyl (C=O) groups excluding carboxylic acids is 1. The maximum absolute atomic E-state index is 12.6. The van der Waals surface area contributed by atoms with Crippen molar-refractivity contribution in [1.82, 2.24) is 14.8 Å². The van der Waals surface area contributed by atoms with Crippen LogP contribution in [0.25, 0.3) is 0 Å². The Bertz CT molecular complexity index is 681. The molecule has 1 unspecified atom stereocenters. The van der Waals surface area contributed by atoms with E-state index in [0.29, 0.717) is 5.69 Å². The second kappa shape index (κ2) is 7.45. The third kappa shape index (κ3) is 3.92. The minimum absolute atomic E-state index is 0.0131. The van der Waals surface area contributed by atoms with Crippen LogP contribution in [0.3, 0.4) is 0 Å². The molecule has 1 saturated heterocycles. The topological polar surface area (TPSA) is 48.5 Å². The summed E-state index contributed by atoms with van der Waals surface area (Å²) >= 11 is 0. The highest BCUT2D eigenvalue weighted by Crippen LogP contribution is 2.19. The summed E-state index contributed by atoms with van der Waals surface area (Å²) < 4.78 is 0. The average Bonchev–Trinajstić information content (AvgIpc) is 2.63. The van der Waals surface area contributed by atoms with Gasteiger partial charge in [0, 0.05) is 44.1 Å². The van der Waals surface area contributed by atoms with Crippen molar-refractivity contribution in [3.05, 3.63) is 59.9 Å². The minimum atomic E-state index is 0.0131. The Labute approximate surface area is 143 Å². The van der Waals surface area contributed by atoms with Crippen LogP contribution in [-0.4, -0.2) is 53.9 Å². The predicted octanol–water partition coefficient (Wildman–Crippen LogP) is 2.64. The molecule has 1 amide bonds. The minimum Gasteiger partial charge on any atom is -0.378 e.